The lowest BCUT2D eigenvalue weighted by atomic mass is 10.2. The van der Waals surface area contributed by atoms with E-state index in [2.05, 4.69) is 10.1 Å². The van der Waals surface area contributed by atoms with Crippen molar-refractivity contribution in [1.29, 1.82) is 0 Å². The highest BCUT2D eigenvalue weighted by Crippen LogP contribution is 2.26. The first-order chi connectivity index (χ1) is 8.61. The zero-order valence-corrected chi connectivity index (χ0v) is 11.0. The molecule has 2 N–H and O–H groups in total. The smallest absolute Gasteiger partial charge is 0.219 e. The van der Waals surface area contributed by atoms with Gasteiger partial charge in [0.1, 0.15) is 5.69 Å². The number of hydrogen-bond acceptors (Lipinski definition) is 4. The van der Waals surface area contributed by atoms with E-state index in [1.54, 1.807) is 10.9 Å². The molecule has 0 aromatic carbocycles. The van der Waals surface area contributed by atoms with Crippen LogP contribution in [-0.2, 0) is 13.5 Å². The van der Waals surface area contributed by atoms with Crippen molar-refractivity contribution < 1.29 is 4.74 Å². The second kappa shape index (κ2) is 5.18. The van der Waals surface area contributed by atoms with Gasteiger partial charge < -0.3 is 10.5 Å². The molecule has 5 heteroatoms. The van der Waals surface area contributed by atoms with E-state index in [0.29, 0.717) is 12.4 Å². The fourth-order valence-electron chi connectivity index (χ4n) is 1.79. The van der Waals surface area contributed by atoms with Gasteiger partial charge in [-0.15, -0.1) is 0 Å². The molecule has 0 bridgehead atoms. The van der Waals surface area contributed by atoms with Crippen LogP contribution >= 0.6 is 0 Å². The van der Waals surface area contributed by atoms with E-state index in [-0.39, 0.29) is 0 Å². The van der Waals surface area contributed by atoms with Crippen molar-refractivity contribution in [3.05, 3.63) is 35.3 Å². The minimum atomic E-state index is 0.579. The number of rotatable bonds is 4. The standard InChI is InChI=1S/C13H18N4O/c1-9-13(10(2)17(3)16-9)18-12-5-4-11(6-7-14)8-15-12/h4-5,8H,6-7,14H2,1-3H3. The minimum absolute atomic E-state index is 0.579. The van der Waals surface area contributed by atoms with Gasteiger partial charge in [0.2, 0.25) is 5.88 Å². The summed E-state index contributed by atoms with van der Waals surface area (Å²) in [5, 5.41) is 4.30. The van der Waals surface area contributed by atoms with E-state index >= 15 is 0 Å². The number of nitrogens with two attached hydrogens (primary N) is 1. The Bertz CT molecular complexity index is 531. The van der Waals surface area contributed by atoms with Gasteiger partial charge in [0, 0.05) is 19.3 Å². The Morgan fingerprint density at radius 1 is 1.33 bits per heavy atom. The Labute approximate surface area is 107 Å². The van der Waals surface area contributed by atoms with Gasteiger partial charge >= 0.3 is 0 Å². The van der Waals surface area contributed by atoms with Crippen LogP contribution in [0.25, 0.3) is 0 Å². The largest absolute Gasteiger partial charge is 0.435 e. The third-order valence-corrected chi connectivity index (χ3v) is 2.88. The van der Waals surface area contributed by atoms with E-state index in [1.807, 2.05) is 33.0 Å². The molecule has 0 amide bonds. The zero-order valence-electron chi connectivity index (χ0n) is 11.0. The lowest BCUT2D eigenvalue weighted by Crippen LogP contribution is -2.03. The summed E-state index contributed by atoms with van der Waals surface area (Å²) in [7, 11) is 1.90. The topological polar surface area (TPSA) is 66.0 Å². The van der Waals surface area contributed by atoms with E-state index < -0.39 is 0 Å². The van der Waals surface area contributed by atoms with Crippen molar-refractivity contribution in [2.45, 2.75) is 20.3 Å². The first-order valence-electron chi connectivity index (χ1n) is 5.95. The number of hydrogen-bond donors (Lipinski definition) is 1. The molecule has 2 aromatic rings. The molecule has 0 aliphatic carbocycles. The normalized spacial score (nSPS) is 10.7. The minimum Gasteiger partial charge on any atom is -0.435 e. The molecular weight excluding hydrogens is 228 g/mol. The van der Waals surface area contributed by atoms with Gasteiger partial charge in [0.15, 0.2) is 5.75 Å². The molecular formula is C13H18N4O. The maximum absolute atomic E-state index is 5.77. The lowest BCUT2D eigenvalue weighted by Gasteiger charge is -2.05. The fourth-order valence-corrected chi connectivity index (χ4v) is 1.79. The summed E-state index contributed by atoms with van der Waals surface area (Å²) in [4.78, 5) is 4.27. The zero-order chi connectivity index (χ0) is 13.1. The molecule has 18 heavy (non-hydrogen) atoms. The van der Waals surface area contributed by atoms with Crippen LogP contribution in [0.3, 0.4) is 0 Å². The Morgan fingerprint density at radius 2 is 2.11 bits per heavy atom. The average Bonchev–Trinajstić information content (AvgIpc) is 2.59. The Kier molecular flexibility index (Phi) is 3.62. The molecule has 5 nitrogen and oxygen atoms in total. The SMILES string of the molecule is Cc1nn(C)c(C)c1Oc1ccc(CCN)cn1. The van der Waals surface area contributed by atoms with Crippen LogP contribution in [0.4, 0.5) is 0 Å². The van der Waals surface area contributed by atoms with Crippen LogP contribution in [0, 0.1) is 13.8 Å². The summed E-state index contributed by atoms with van der Waals surface area (Å²) in [6, 6.07) is 3.84. The highest BCUT2D eigenvalue weighted by molar-refractivity contribution is 5.35. The van der Waals surface area contributed by atoms with E-state index in [4.69, 9.17) is 10.5 Å². The van der Waals surface area contributed by atoms with Crippen molar-refractivity contribution >= 4 is 0 Å². The van der Waals surface area contributed by atoms with Crippen LogP contribution in [0.1, 0.15) is 17.0 Å². The Morgan fingerprint density at radius 3 is 2.61 bits per heavy atom. The van der Waals surface area contributed by atoms with E-state index in [1.165, 1.54) is 0 Å². The molecule has 0 aliphatic rings. The number of aryl methyl sites for hydroxylation is 2. The molecule has 0 saturated carbocycles. The summed E-state index contributed by atoms with van der Waals surface area (Å²) < 4.78 is 7.57. The maximum Gasteiger partial charge on any atom is 0.219 e. The van der Waals surface area contributed by atoms with Gasteiger partial charge in [-0.2, -0.15) is 5.10 Å². The molecule has 96 valence electrons. The molecule has 0 fully saturated rings. The summed E-state index contributed by atoms with van der Waals surface area (Å²) in [5.41, 5.74) is 8.46. The lowest BCUT2D eigenvalue weighted by molar-refractivity contribution is 0.455. The number of nitrogens with zero attached hydrogens (tertiary/aromatic N) is 3. The monoisotopic (exact) mass is 246 g/mol. The predicted octanol–water partition coefficient (Wildman–Crippen LogP) is 1.73. The number of pyridine rings is 1. The molecule has 2 aromatic heterocycles. The van der Waals surface area contributed by atoms with E-state index in [0.717, 1.165) is 29.1 Å². The third-order valence-electron chi connectivity index (χ3n) is 2.88. The van der Waals surface area contributed by atoms with Crippen LogP contribution in [0.2, 0.25) is 0 Å². The predicted molar refractivity (Wildman–Crippen MR) is 69.8 cm³/mol. The maximum atomic E-state index is 5.77. The highest BCUT2D eigenvalue weighted by atomic mass is 16.5. The summed E-state index contributed by atoms with van der Waals surface area (Å²) in [6.45, 7) is 4.52. The molecule has 2 rings (SSSR count). The van der Waals surface area contributed by atoms with Gasteiger partial charge in [0.25, 0.3) is 0 Å². The van der Waals surface area contributed by atoms with Gasteiger partial charge in [-0.1, -0.05) is 6.07 Å². The van der Waals surface area contributed by atoms with Crippen LogP contribution in [0.5, 0.6) is 11.6 Å². The fraction of sp³-hybridized carbons (Fsp3) is 0.385. The molecule has 0 spiro atoms. The summed E-state index contributed by atoms with van der Waals surface area (Å²) >= 11 is 0. The van der Waals surface area contributed by atoms with Crippen LogP contribution in [0.15, 0.2) is 18.3 Å². The summed E-state index contributed by atoms with van der Waals surface area (Å²) in [5.74, 6) is 1.35. The molecule has 0 radical (unpaired) electrons. The average molecular weight is 246 g/mol. The van der Waals surface area contributed by atoms with Gasteiger partial charge in [-0.3, -0.25) is 4.68 Å². The Hall–Kier alpha value is -1.88. The molecule has 0 atom stereocenters. The number of aromatic nitrogens is 3. The molecule has 0 aliphatic heterocycles. The van der Waals surface area contributed by atoms with Crippen molar-refractivity contribution in [3.63, 3.8) is 0 Å². The van der Waals surface area contributed by atoms with E-state index in [9.17, 15) is 0 Å². The van der Waals surface area contributed by atoms with Crippen molar-refractivity contribution in [3.8, 4) is 11.6 Å². The third kappa shape index (κ3) is 2.51. The van der Waals surface area contributed by atoms with Crippen molar-refractivity contribution in [2.75, 3.05) is 6.54 Å². The number of ether oxygens (including phenoxy) is 1. The second-order valence-electron chi connectivity index (χ2n) is 4.27. The Balaban J connectivity index is 2.18. The quantitative estimate of drug-likeness (QED) is 0.892. The summed E-state index contributed by atoms with van der Waals surface area (Å²) in [6.07, 6.45) is 2.63. The second-order valence-corrected chi connectivity index (χ2v) is 4.27. The van der Waals surface area contributed by atoms with Crippen molar-refractivity contribution in [1.82, 2.24) is 14.8 Å². The van der Waals surface area contributed by atoms with Gasteiger partial charge in [-0.05, 0) is 32.4 Å². The first-order valence-corrected chi connectivity index (χ1v) is 5.95. The molecule has 2 heterocycles. The molecule has 0 saturated heterocycles. The van der Waals surface area contributed by atoms with Gasteiger partial charge in [0.05, 0.1) is 5.69 Å². The van der Waals surface area contributed by atoms with Crippen LogP contribution in [-0.4, -0.2) is 21.3 Å². The van der Waals surface area contributed by atoms with Crippen molar-refractivity contribution in [2.24, 2.45) is 12.8 Å². The first kappa shape index (κ1) is 12.6. The molecule has 0 unspecified atom stereocenters. The highest BCUT2D eigenvalue weighted by Gasteiger charge is 2.12. The van der Waals surface area contributed by atoms with Gasteiger partial charge in [-0.25, -0.2) is 4.98 Å². The van der Waals surface area contributed by atoms with Crippen LogP contribution < -0.4 is 10.5 Å².